The van der Waals surface area contributed by atoms with Crippen molar-refractivity contribution in [3.05, 3.63) is 82.1 Å². The van der Waals surface area contributed by atoms with E-state index in [1.807, 2.05) is 49.4 Å². The molecule has 2 aliphatic heterocycles. The molecule has 35 heavy (non-hydrogen) atoms. The molecule has 0 aromatic heterocycles. The highest BCUT2D eigenvalue weighted by molar-refractivity contribution is 6.16. The van der Waals surface area contributed by atoms with Gasteiger partial charge in [-0.2, -0.15) is 0 Å². The van der Waals surface area contributed by atoms with Gasteiger partial charge in [0.15, 0.2) is 5.76 Å². The molecule has 0 fully saturated rings. The second kappa shape index (κ2) is 9.35. The fourth-order valence-electron chi connectivity index (χ4n) is 4.53. The minimum absolute atomic E-state index is 0.153. The lowest BCUT2D eigenvalue weighted by Gasteiger charge is -2.30. The molecular weight excluding hydrogens is 446 g/mol. The van der Waals surface area contributed by atoms with Gasteiger partial charge in [0.2, 0.25) is 5.78 Å². The first-order valence-corrected chi connectivity index (χ1v) is 11.3. The number of allylic oxidation sites excluding steroid dienone is 1. The molecule has 2 heterocycles. The number of para-hydroxylation sites is 1. The van der Waals surface area contributed by atoms with Crippen LogP contribution in [0.5, 0.6) is 28.7 Å². The van der Waals surface area contributed by atoms with Crippen LogP contribution < -0.4 is 23.7 Å². The Labute approximate surface area is 204 Å². The van der Waals surface area contributed by atoms with E-state index >= 15 is 0 Å². The number of nitrogens with zero attached hydrogens (tertiary/aromatic N) is 1. The molecule has 0 saturated carbocycles. The van der Waals surface area contributed by atoms with Crippen molar-refractivity contribution in [1.82, 2.24) is 4.90 Å². The normalized spacial score (nSPS) is 15.8. The average Bonchev–Trinajstić information content (AvgIpc) is 3.21. The summed E-state index contributed by atoms with van der Waals surface area (Å²) < 4.78 is 28.5. The number of ketones is 1. The van der Waals surface area contributed by atoms with Crippen LogP contribution in [0.1, 0.15) is 32.6 Å². The molecular formula is C28H27NO6. The molecule has 7 heteroatoms. The number of hydrogen-bond acceptors (Lipinski definition) is 7. The van der Waals surface area contributed by atoms with E-state index in [-0.39, 0.29) is 11.5 Å². The number of carbonyl (C=O) groups is 1. The molecule has 0 radical (unpaired) electrons. The van der Waals surface area contributed by atoms with E-state index in [1.165, 1.54) is 0 Å². The van der Waals surface area contributed by atoms with Crippen LogP contribution in [-0.2, 0) is 13.1 Å². The van der Waals surface area contributed by atoms with Crippen molar-refractivity contribution in [2.24, 2.45) is 0 Å². The Hall–Kier alpha value is -3.97. The highest BCUT2D eigenvalue weighted by Crippen LogP contribution is 2.44. The van der Waals surface area contributed by atoms with Gasteiger partial charge in [0.05, 0.1) is 32.5 Å². The lowest BCUT2D eigenvalue weighted by atomic mass is 9.98. The summed E-state index contributed by atoms with van der Waals surface area (Å²) >= 11 is 0. The quantitative estimate of drug-likeness (QED) is 0.467. The first kappa shape index (κ1) is 22.8. The number of aryl methyl sites for hydroxylation is 1. The average molecular weight is 474 g/mol. The van der Waals surface area contributed by atoms with Crippen molar-refractivity contribution in [2.75, 3.05) is 28.1 Å². The number of carbonyl (C=O) groups excluding carboxylic acids is 1. The summed E-state index contributed by atoms with van der Waals surface area (Å²) in [7, 11) is 4.84. The van der Waals surface area contributed by atoms with Crippen LogP contribution in [0, 0.1) is 6.92 Å². The molecule has 0 atom stereocenters. The van der Waals surface area contributed by atoms with E-state index in [1.54, 1.807) is 33.5 Å². The molecule has 0 aliphatic carbocycles. The molecule has 0 N–H and O–H groups in total. The molecule has 5 rings (SSSR count). The van der Waals surface area contributed by atoms with Crippen molar-refractivity contribution >= 4 is 11.9 Å². The molecule has 0 spiro atoms. The summed E-state index contributed by atoms with van der Waals surface area (Å²) in [6, 6.07) is 15.3. The summed E-state index contributed by atoms with van der Waals surface area (Å²) in [6.45, 7) is 3.57. The zero-order valence-corrected chi connectivity index (χ0v) is 20.2. The third-order valence-corrected chi connectivity index (χ3v) is 6.30. The summed E-state index contributed by atoms with van der Waals surface area (Å²) in [5.41, 5.74) is 4.06. The number of methoxy groups -OCH3 is 3. The molecule has 180 valence electrons. The maximum atomic E-state index is 13.4. The fourth-order valence-corrected chi connectivity index (χ4v) is 4.53. The van der Waals surface area contributed by atoms with Crippen LogP contribution in [0.4, 0.5) is 0 Å². The van der Waals surface area contributed by atoms with Crippen LogP contribution in [0.3, 0.4) is 0 Å². The van der Waals surface area contributed by atoms with Crippen molar-refractivity contribution in [2.45, 2.75) is 20.0 Å². The second-order valence-electron chi connectivity index (χ2n) is 8.49. The van der Waals surface area contributed by atoms with Gasteiger partial charge >= 0.3 is 0 Å². The van der Waals surface area contributed by atoms with Crippen molar-refractivity contribution in [1.29, 1.82) is 0 Å². The predicted molar refractivity (Wildman–Crippen MR) is 131 cm³/mol. The Bertz CT molecular complexity index is 1330. The van der Waals surface area contributed by atoms with Crippen molar-refractivity contribution in [3.8, 4) is 28.7 Å². The molecule has 2 aliphatic rings. The molecule has 0 amide bonds. The standard InChI is InChI=1S/C28H27NO6/c1-17-11-24-21(15-29(16-34-24)14-19-7-5-6-8-22(19)32-3)28-26(17)27(30)25(35-28)12-18-9-10-20(31-2)13-23(18)33-4/h5-13H,14-16H2,1-4H3/b25-12-. The Morgan fingerprint density at radius 1 is 1.00 bits per heavy atom. The van der Waals surface area contributed by atoms with E-state index in [0.717, 1.165) is 33.8 Å². The number of hydrogen-bond donors (Lipinski definition) is 0. The minimum Gasteiger partial charge on any atom is -0.497 e. The van der Waals surface area contributed by atoms with Gasteiger partial charge in [-0.05, 0) is 42.8 Å². The second-order valence-corrected chi connectivity index (χ2v) is 8.49. The maximum Gasteiger partial charge on any atom is 0.232 e. The van der Waals surface area contributed by atoms with E-state index in [4.69, 9.17) is 23.7 Å². The lowest BCUT2D eigenvalue weighted by molar-refractivity contribution is 0.0864. The van der Waals surface area contributed by atoms with E-state index in [9.17, 15) is 4.79 Å². The lowest BCUT2D eigenvalue weighted by Crippen LogP contribution is -2.32. The van der Waals surface area contributed by atoms with Gasteiger partial charge in [0, 0.05) is 30.3 Å². The SMILES string of the molecule is COc1ccc(/C=C2\Oc3c4c(cc(C)c3C2=O)OCN(Cc2ccccc2OC)C4)c(OC)c1. The smallest absolute Gasteiger partial charge is 0.232 e. The number of Topliss-reactive ketones (excluding diaryl/α,β-unsaturated/α-hetero) is 1. The summed E-state index contributed by atoms with van der Waals surface area (Å²) in [6.07, 6.45) is 1.71. The van der Waals surface area contributed by atoms with Crippen LogP contribution in [0.15, 0.2) is 54.3 Å². The Morgan fingerprint density at radius 3 is 2.57 bits per heavy atom. The summed E-state index contributed by atoms with van der Waals surface area (Å²) in [4.78, 5) is 15.5. The van der Waals surface area contributed by atoms with Crippen LogP contribution in [0.25, 0.3) is 6.08 Å². The molecule has 7 nitrogen and oxygen atoms in total. The van der Waals surface area contributed by atoms with Gasteiger partial charge in [-0.15, -0.1) is 0 Å². The Kier molecular flexibility index (Phi) is 6.09. The predicted octanol–water partition coefficient (Wildman–Crippen LogP) is 4.99. The highest BCUT2D eigenvalue weighted by atomic mass is 16.5. The van der Waals surface area contributed by atoms with E-state index < -0.39 is 0 Å². The Balaban J connectivity index is 1.47. The first-order chi connectivity index (χ1) is 17.0. The third-order valence-electron chi connectivity index (χ3n) is 6.30. The summed E-state index contributed by atoms with van der Waals surface area (Å²) in [5.74, 6) is 3.50. The zero-order chi connectivity index (χ0) is 24.5. The van der Waals surface area contributed by atoms with Crippen molar-refractivity contribution < 1.29 is 28.5 Å². The zero-order valence-electron chi connectivity index (χ0n) is 20.2. The Morgan fingerprint density at radius 2 is 1.80 bits per heavy atom. The largest absolute Gasteiger partial charge is 0.497 e. The monoisotopic (exact) mass is 473 g/mol. The van der Waals surface area contributed by atoms with E-state index in [2.05, 4.69) is 4.90 Å². The maximum absolute atomic E-state index is 13.4. The van der Waals surface area contributed by atoms with Crippen LogP contribution >= 0.6 is 0 Å². The molecule has 3 aromatic rings. The molecule has 0 unspecified atom stereocenters. The molecule has 0 saturated heterocycles. The van der Waals surface area contributed by atoms with Gasteiger partial charge in [-0.3, -0.25) is 9.69 Å². The number of fused-ring (bicyclic) bond motifs is 3. The van der Waals surface area contributed by atoms with Gasteiger partial charge < -0.3 is 23.7 Å². The van der Waals surface area contributed by atoms with Gasteiger partial charge in [-0.25, -0.2) is 0 Å². The number of ether oxygens (including phenoxy) is 5. The van der Waals surface area contributed by atoms with Gasteiger partial charge in [0.1, 0.15) is 35.5 Å². The van der Waals surface area contributed by atoms with E-state index in [0.29, 0.717) is 42.6 Å². The van der Waals surface area contributed by atoms with Crippen LogP contribution in [-0.4, -0.2) is 38.7 Å². The topological polar surface area (TPSA) is 66.5 Å². The first-order valence-electron chi connectivity index (χ1n) is 11.3. The number of rotatable bonds is 6. The molecule has 0 bridgehead atoms. The van der Waals surface area contributed by atoms with Gasteiger partial charge in [-0.1, -0.05) is 18.2 Å². The minimum atomic E-state index is -0.153. The van der Waals surface area contributed by atoms with Gasteiger partial charge in [0.25, 0.3) is 0 Å². The van der Waals surface area contributed by atoms with Crippen LogP contribution in [0.2, 0.25) is 0 Å². The molecule has 3 aromatic carbocycles. The number of benzene rings is 3. The summed E-state index contributed by atoms with van der Waals surface area (Å²) in [5, 5.41) is 0. The highest BCUT2D eigenvalue weighted by Gasteiger charge is 2.35. The van der Waals surface area contributed by atoms with Crippen molar-refractivity contribution in [3.63, 3.8) is 0 Å². The fraction of sp³-hybridized carbons (Fsp3) is 0.250. The third kappa shape index (κ3) is 4.19.